The van der Waals surface area contributed by atoms with Crippen LogP contribution in [0, 0.1) is 18.6 Å². The van der Waals surface area contributed by atoms with Crippen molar-refractivity contribution in [2.75, 3.05) is 0 Å². The van der Waals surface area contributed by atoms with Crippen molar-refractivity contribution < 1.29 is 8.78 Å². The summed E-state index contributed by atoms with van der Waals surface area (Å²) in [7, 11) is 0. The molecule has 1 aliphatic carbocycles. The summed E-state index contributed by atoms with van der Waals surface area (Å²) in [4.78, 5) is 0. The maximum atomic E-state index is 14.1. The number of halogens is 3. The van der Waals surface area contributed by atoms with Gasteiger partial charge in [0.25, 0.3) is 0 Å². The van der Waals surface area contributed by atoms with Crippen molar-refractivity contribution in [1.82, 2.24) is 4.57 Å². The Balaban J connectivity index is 2.26. The Labute approximate surface area is 121 Å². The number of nitrogens with two attached hydrogens (primary N) is 1. The summed E-state index contributed by atoms with van der Waals surface area (Å²) in [5.41, 5.74) is 9.19. The smallest absolute Gasteiger partial charge is 0.151 e. The van der Waals surface area contributed by atoms with Crippen LogP contribution in [-0.2, 0) is 6.42 Å². The lowest BCUT2D eigenvalue weighted by Crippen LogP contribution is -2.18. The summed E-state index contributed by atoms with van der Waals surface area (Å²) in [5, 5.41) is 0.0724. The van der Waals surface area contributed by atoms with Gasteiger partial charge in [-0.3, -0.25) is 0 Å². The topological polar surface area (TPSA) is 30.9 Å². The molecule has 0 saturated carbocycles. The Hall–Kier alpha value is -1.39. The summed E-state index contributed by atoms with van der Waals surface area (Å²) in [6, 6.07) is 3.93. The highest BCUT2D eigenvalue weighted by Gasteiger charge is 2.25. The van der Waals surface area contributed by atoms with E-state index in [4.69, 9.17) is 17.3 Å². The summed E-state index contributed by atoms with van der Waals surface area (Å²) >= 11 is 6.05. The van der Waals surface area contributed by atoms with Crippen LogP contribution in [-0.4, -0.2) is 4.57 Å². The molecule has 1 heterocycles. The number of benzene rings is 1. The molecule has 0 fully saturated rings. The van der Waals surface area contributed by atoms with Gasteiger partial charge in [0.1, 0.15) is 11.5 Å². The van der Waals surface area contributed by atoms with E-state index < -0.39 is 11.6 Å². The van der Waals surface area contributed by atoms with E-state index in [0.717, 1.165) is 48.3 Å². The maximum absolute atomic E-state index is 14.1. The van der Waals surface area contributed by atoms with Gasteiger partial charge in [-0.2, -0.15) is 0 Å². The van der Waals surface area contributed by atoms with Gasteiger partial charge in [0.2, 0.25) is 0 Å². The van der Waals surface area contributed by atoms with E-state index in [-0.39, 0.29) is 16.8 Å². The Morgan fingerprint density at radius 3 is 2.75 bits per heavy atom. The molecule has 1 aromatic carbocycles. The average molecular weight is 297 g/mol. The van der Waals surface area contributed by atoms with Gasteiger partial charge in [0, 0.05) is 23.5 Å². The van der Waals surface area contributed by atoms with Gasteiger partial charge in [-0.05, 0) is 43.9 Å². The van der Waals surface area contributed by atoms with Crippen LogP contribution >= 0.6 is 11.6 Å². The third-order valence-corrected chi connectivity index (χ3v) is 4.14. The van der Waals surface area contributed by atoms with Gasteiger partial charge in [0.05, 0.1) is 5.02 Å². The molecule has 1 aromatic heterocycles. The predicted molar refractivity (Wildman–Crippen MR) is 75.3 cm³/mol. The molecule has 0 aliphatic heterocycles. The molecule has 0 radical (unpaired) electrons. The van der Waals surface area contributed by atoms with Gasteiger partial charge < -0.3 is 10.3 Å². The largest absolute Gasteiger partial charge is 0.324 e. The number of hydrogen-bond acceptors (Lipinski definition) is 1. The maximum Gasteiger partial charge on any atom is 0.151 e. The molecule has 0 spiro atoms. The van der Waals surface area contributed by atoms with Crippen LogP contribution in [0.2, 0.25) is 5.02 Å². The first-order valence-electron chi connectivity index (χ1n) is 6.60. The lowest BCUT2D eigenvalue weighted by atomic mass is 9.93. The van der Waals surface area contributed by atoms with Crippen molar-refractivity contribution in [3.63, 3.8) is 0 Å². The van der Waals surface area contributed by atoms with Gasteiger partial charge in [-0.25, -0.2) is 8.78 Å². The number of hydrogen-bond donors (Lipinski definition) is 1. The Bertz CT molecular complexity index is 656. The second kappa shape index (κ2) is 4.86. The van der Waals surface area contributed by atoms with E-state index >= 15 is 0 Å². The molecular formula is C15H15ClF2N2. The number of rotatable bonds is 1. The standard InChI is InChI=1S/C15H15ClF2N2/c1-8-5-10-13(19)3-2-4-14(10)20(8)15-11(16)6-9(17)7-12(15)18/h5-7,13H,2-4,19H2,1H3. The Kier molecular flexibility index (Phi) is 3.30. The molecule has 0 amide bonds. The van der Waals surface area contributed by atoms with Gasteiger partial charge in [-0.15, -0.1) is 0 Å². The fraction of sp³-hybridized carbons (Fsp3) is 0.333. The molecule has 3 rings (SSSR count). The summed E-state index contributed by atoms with van der Waals surface area (Å²) in [6.45, 7) is 1.88. The molecule has 2 aromatic rings. The van der Waals surface area contributed by atoms with E-state index in [1.54, 1.807) is 4.57 Å². The molecular weight excluding hydrogens is 282 g/mol. The number of aryl methyl sites for hydroxylation is 1. The highest BCUT2D eigenvalue weighted by Crippen LogP contribution is 2.35. The first-order chi connectivity index (χ1) is 9.49. The van der Waals surface area contributed by atoms with Gasteiger partial charge >= 0.3 is 0 Å². The summed E-state index contributed by atoms with van der Waals surface area (Å²) in [6.07, 6.45) is 2.71. The van der Waals surface area contributed by atoms with Crippen molar-refractivity contribution in [3.05, 3.63) is 51.8 Å². The van der Waals surface area contributed by atoms with Crippen molar-refractivity contribution in [3.8, 4) is 5.69 Å². The highest BCUT2D eigenvalue weighted by atomic mass is 35.5. The monoisotopic (exact) mass is 296 g/mol. The lowest BCUT2D eigenvalue weighted by Gasteiger charge is -2.22. The highest BCUT2D eigenvalue weighted by molar-refractivity contribution is 6.32. The van der Waals surface area contributed by atoms with Crippen molar-refractivity contribution in [2.24, 2.45) is 5.73 Å². The Morgan fingerprint density at radius 1 is 1.30 bits per heavy atom. The molecule has 0 saturated heterocycles. The zero-order valence-electron chi connectivity index (χ0n) is 11.1. The molecule has 2 N–H and O–H groups in total. The Morgan fingerprint density at radius 2 is 2.05 bits per heavy atom. The van der Waals surface area contributed by atoms with Crippen LogP contribution in [0.15, 0.2) is 18.2 Å². The van der Waals surface area contributed by atoms with Gasteiger partial charge in [-0.1, -0.05) is 11.6 Å². The SMILES string of the molecule is Cc1cc2c(n1-c1c(F)cc(F)cc1Cl)CCCC2N. The third kappa shape index (κ3) is 2.03. The van der Waals surface area contributed by atoms with Crippen LogP contribution in [0.25, 0.3) is 5.69 Å². The minimum atomic E-state index is -0.674. The number of aromatic nitrogens is 1. The van der Waals surface area contributed by atoms with Crippen LogP contribution in [0.3, 0.4) is 0 Å². The quantitative estimate of drug-likeness (QED) is 0.845. The van der Waals surface area contributed by atoms with E-state index in [0.29, 0.717) is 0 Å². The fourth-order valence-corrected chi connectivity index (χ4v) is 3.28. The average Bonchev–Trinajstić information content (AvgIpc) is 2.67. The van der Waals surface area contributed by atoms with Gasteiger partial charge in [0.15, 0.2) is 5.82 Å². The number of nitrogens with zero attached hydrogens (tertiary/aromatic N) is 1. The predicted octanol–water partition coefficient (Wildman–Crippen LogP) is 4.05. The zero-order chi connectivity index (χ0) is 14.4. The summed E-state index contributed by atoms with van der Waals surface area (Å²) < 4.78 is 29.1. The molecule has 1 aliphatic rings. The van der Waals surface area contributed by atoms with Crippen LogP contribution < -0.4 is 5.73 Å². The van der Waals surface area contributed by atoms with Crippen molar-refractivity contribution >= 4 is 11.6 Å². The number of fused-ring (bicyclic) bond motifs is 1. The molecule has 20 heavy (non-hydrogen) atoms. The van der Waals surface area contributed by atoms with Crippen molar-refractivity contribution in [2.45, 2.75) is 32.2 Å². The minimum absolute atomic E-state index is 0.0269. The van der Waals surface area contributed by atoms with E-state index in [9.17, 15) is 8.78 Å². The minimum Gasteiger partial charge on any atom is -0.324 e. The second-order valence-corrected chi connectivity index (χ2v) is 5.65. The third-order valence-electron chi connectivity index (χ3n) is 3.85. The van der Waals surface area contributed by atoms with E-state index in [2.05, 4.69) is 0 Å². The normalized spacial score (nSPS) is 18.1. The first kappa shape index (κ1) is 13.6. The second-order valence-electron chi connectivity index (χ2n) is 5.24. The molecule has 106 valence electrons. The van der Waals surface area contributed by atoms with Crippen LogP contribution in [0.1, 0.15) is 35.8 Å². The molecule has 1 unspecified atom stereocenters. The molecule has 5 heteroatoms. The van der Waals surface area contributed by atoms with E-state index in [1.165, 1.54) is 0 Å². The van der Waals surface area contributed by atoms with Crippen molar-refractivity contribution in [1.29, 1.82) is 0 Å². The molecule has 1 atom stereocenters. The van der Waals surface area contributed by atoms with E-state index in [1.807, 2.05) is 13.0 Å². The zero-order valence-corrected chi connectivity index (χ0v) is 11.8. The first-order valence-corrected chi connectivity index (χ1v) is 6.98. The summed E-state index contributed by atoms with van der Waals surface area (Å²) in [5.74, 6) is -1.33. The molecule has 0 bridgehead atoms. The van der Waals surface area contributed by atoms with Crippen LogP contribution in [0.5, 0.6) is 0 Å². The lowest BCUT2D eigenvalue weighted by molar-refractivity contribution is 0.551. The van der Waals surface area contributed by atoms with Crippen LogP contribution in [0.4, 0.5) is 8.78 Å². The fourth-order valence-electron chi connectivity index (χ4n) is 3.00. The molecule has 2 nitrogen and oxygen atoms in total.